The molecule has 9 nitrogen and oxygen atoms in total. The Morgan fingerprint density at radius 1 is 1.32 bits per heavy atom. The predicted octanol–water partition coefficient (Wildman–Crippen LogP) is -1.04. The number of carbonyl (C=O) groups is 1. The van der Waals surface area contributed by atoms with Crippen molar-refractivity contribution in [2.24, 2.45) is 0 Å². The summed E-state index contributed by atoms with van der Waals surface area (Å²) < 4.78 is 29.9. The summed E-state index contributed by atoms with van der Waals surface area (Å²) in [6.45, 7) is 6.19. The molecule has 0 unspecified atom stereocenters. The fraction of sp³-hybridized carbons (Fsp3) is 0.750. The number of aromatic nitrogens is 2. The van der Waals surface area contributed by atoms with Gasteiger partial charge in [-0.1, -0.05) is 5.16 Å². The van der Waals surface area contributed by atoms with E-state index in [0.717, 1.165) is 0 Å². The van der Waals surface area contributed by atoms with Crippen LogP contribution < -0.4 is 4.72 Å². The zero-order chi connectivity index (χ0) is 16.2. The van der Waals surface area contributed by atoms with E-state index in [9.17, 15) is 13.2 Å². The van der Waals surface area contributed by atoms with Gasteiger partial charge in [-0.25, -0.2) is 13.1 Å². The number of nitrogens with zero attached hydrogens (tertiary/aromatic N) is 4. The van der Waals surface area contributed by atoms with E-state index in [-0.39, 0.29) is 18.2 Å². The smallest absolute Gasteiger partial charge is 0.237 e. The lowest BCUT2D eigenvalue weighted by atomic mass is 10.3. The molecular formula is C12H21N5O4S. The van der Waals surface area contributed by atoms with Gasteiger partial charge < -0.3 is 9.42 Å². The Morgan fingerprint density at radius 2 is 2.00 bits per heavy atom. The van der Waals surface area contributed by atoms with Crippen LogP contribution in [0.4, 0.5) is 0 Å². The maximum Gasteiger partial charge on any atom is 0.237 e. The molecule has 124 valence electrons. The second-order valence-corrected chi connectivity index (χ2v) is 7.21. The minimum absolute atomic E-state index is 0.0296. The van der Waals surface area contributed by atoms with Crippen LogP contribution in [0.2, 0.25) is 0 Å². The van der Waals surface area contributed by atoms with Crippen molar-refractivity contribution in [3.8, 4) is 0 Å². The topological polar surface area (TPSA) is 109 Å². The number of nitrogens with one attached hydrogen (secondary N) is 1. The SMILES string of the molecule is CCS(=O)(=O)NCC(=O)N1CCN(Cc2noc(C)n2)CC1. The van der Waals surface area contributed by atoms with Crippen molar-refractivity contribution >= 4 is 15.9 Å². The van der Waals surface area contributed by atoms with E-state index in [0.29, 0.717) is 44.4 Å². The summed E-state index contributed by atoms with van der Waals surface area (Å²) in [6, 6.07) is 0. The summed E-state index contributed by atoms with van der Waals surface area (Å²) in [6.07, 6.45) is 0. The van der Waals surface area contributed by atoms with Crippen LogP contribution in [-0.2, 0) is 21.4 Å². The van der Waals surface area contributed by atoms with Crippen molar-refractivity contribution in [3.05, 3.63) is 11.7 Å². The molecule has 10 heteroatoms. The average Bonchev–Trinajstić information content (AvgIpc) is 2.91. The molecule has 0 saturated carbocycles. The number of sulfonamides is 1. The van der Waals surface area contributed by atoms with Crippen LogP contribution >= 0.6 is 0 Å². The lowest BCUT2D eigenvalue weighted by Gasteiger charge is -2.34. The molecule has 1 aromatic rings. The number of hydrogen-bond acceptors (Lipinski definition) is 7. The van der Waals surface area contributed by atoms with E-state index in [1.165, 1.54) is 6.92 Å². The van der Waals surface area contributed by atoms with E-state index in [4.69, 9.17) is 4.52 Å². The molecule has 0 aliphatic carbocycles. The minimum Gasteiger partial charge on any atom is -0.340 e. The van der Waals surface area contributed by atoms with E-state index in [1.807, 2.05) is 0 Å². The standard InChI is InChI=1S/C12H21N5O4S/c1-3-22(19,20)13-8-12(18)17-6-4-16(5-7-17)9-11-14-10(2)21-15-11/h13H,3-9H2,1-2H3. The fourth-order valence-corrected chi connectivity index (χ4v) is 2.69. The van der Waals surface area contributed by atoms with Crippen molar-refractivity contribution in [1.82, 2.24) is 24.7 Å². The first kappa shape index (κ1) is 16.8. The summed E-state index contributed by atoms with van der Waals surface area (Å²) >= 11 is 0. The number of rotatable bonds is 6. The molecule has 1 N–H and O–H groups in total. The average molecular weight is 331 g/mol. The van der Waals surface area contributed by atoms with E-state index in [1.54, 1.807) is 11.8 Å². The zero-order valence-electron chi connectivity index (χ0n) is 12.8. The van der Waals surface area contributed by atoms with Gasteiger partial charge in [-0.15, -0.1) is 0 Å². The lowest BCUT2D eigenvalue weighted by Crippen LogP contribution is -2.51. The molecule has 0 spiro atoms. The van der Waals surface area contributed by atoms with Gasteiger partial charge in [0.2, 0.25) is 21.8 Å². The highest BCUT2D eigenvalue weighted by Crippen LogP contribution is 2.06. The Bertz CT molecular complexity index is 607. The zero-order valence-corrected chi connectivity index (χ0v) is 13.6. The van der Waals surface area contributed by atoms with Gasteiger partial charge in [-0.05, 0) is 6.92 Å². The van der Waals surface area contributed by atoms with E-state index >= 15 is 0 Å². The van der Waals surface area contributed by atoms with Crippen LogP contribution in [0.1, 0.15) is 18.6 Å². The summed E-state index contributed by atoms with van der Waals surface area (Å²) in [5, 5.41) is 3.84. The third-order valence-electron chi connectivity index (χ3n) is 3.48. The summed E-state index contributed by atoms with van der Waals surface area (Å²) in [7, 11) is -3.34. The maximum atomic E-state index is 12.0. The number of carbonyl (C=O) groups excluding carboxylic acids is 1. The Kier molecular flexibility index (Phi) is 5.48. The predicted molar refractivity (Wildman–Crippen MR) is 78.4 cm³/mol. The number of piperazine rings is 1. The first-order valence-electron chi connectivity index (χ1n) is 7.16. The molecule has 0 aromatic carbocycles. The first-order valence-corrected chi connectivity index (χ1v) is 8.81. The van der Waals surface area contributed by atoms with Gasteiger partial charge >= 0.3 is 0 Å². The molecule has 1 aromatic heterocycles. The summed E-state index contributed by atoms with van der Waals surface area (Å²) in [5.74, 6) is 0.935. The van der Waals surface area contributed by atoms with E-state index < -0.39 is 10.0 Å². The molecule has 22 heavy (non-hydrogen) atoms. The fourth-order valence-electron chi connectivity index (χ4n) is 2.15. The highest BCUT2D eigenvalue weighted by molar-refractivity contribution is 7.89. The van der Waals surface area contributed by atoms with Crippen LogP contribution in [0, 0.1) is 6.92 Å². The second kappa shape index (κ2) is 7.16. The number of amides is 1. The number of aryl methyl sites for hydroxylation is 1. The molecule has 2 heterocycles. The summed E-state index contributed by atoms with van der Waals surface area (Å²) in [5.41, 5.74) is 0. The molecule has 1 saturated heterocycles. The Hall–Kier alpha value is -1.52. The molecule has 1 fully saturated rings. The van der Waals surface area contributed by atoms with Gasteiger partial charge in [-0.3, -0.25) is 9.69 Å². The van der Waals surface area contributed by atoms with Crippen molar-refractivity contribution in [3.63, 3.8) is 0 Å². The van der Waals surface area contributed by atoms with Crippen molar-refractivity contribution in [2.45, 2.75) is 20.4 Å². The molecule has 0 bridgehead atoms. The second-order valence-electron chi connectivity index (χ2n) is 5.11. The highest BCUT2D eigenvalue weighted by Gasteiger charge is 2.22. The third-order valence-corrected chi connectivity index (χ3v) is 4.83. The first-order chi connectivity index (χ1) is 10.4. The van der Waals surface area contributed by atoms with Crippen LogP contribution in [0.5, 0.6) is 0 Å². The molecule has 0 atom stereocenters. The highest BCUT2D eigenvalue weighted by atomic mass is 32.2. The minimum atomic E-state index is -3.34. The van der Waals surface area contributed by atoms with Crippen molar-refractivity contribution < 1.29 is 17.7 Å². The van der Waals surface area contributed by atoms with Crippen molar-refractivity contribution in [2.75, 3.05) is 38.5 Å². The van der Waals surface area contributed by atoms with Gasteiger partial charge in [0, 0.05) is 33.1 Å². The van der Waals surface area contributed by atoms with Gasteiger partial charge in [0.05, 0.1) is 18.8 Å². The molecule has 0 radical (unpaired) electrons. The van der Waals surface area contributed by atoms with Gasteiger partial charge in [0.25, 0.3) is 0 Å². The largest absolute Gasteiger partial charge is 0.340 e. The Balaban J connectivity index is 1.75. The van der Waals surface area contributed by atoms with E-state index in [2.05, 4.69) is 19.8 Å². The summed E-state index contributed by atoms with van der Waals surface area (Å²) in [4.78, 5) is 19.9. The molecule has 1 amide bonds. The number of hydrogen-bond donors (Lipinski definition) is 1. The van der Waals surface area contributed by atoms with Crippen LogP contribution in [0.15, 0.2) is 4.52 Å². The van der Waals surface area contributed by atoms with Crippen LogP contribution in [-0.4, -0.2) is 72.7 Å². The molecule has 2 rings (SSSR count). The lowest BCUT2D eigenvalue weighted by molar-refractivity contribution is -0.131. The Labute approximate surface area is 129 Å². The van der Waals surface area contributed by atoms with Gasteiger partial charge in [-0.2, -0.15) is 4.98 Å². The van der Waals surface area contributed by atoms with Gasteiger partial charge in [0.15, 0.2) is 5.82 Å². The van der Waals surface area contributed by atoms with Crippen molar-refractivity contribution in [1.29, 1.82) is 0 Å². The van der Waals surface area contributed by atoms with Gasteiger partial charge in [0.1, 0.15) is 0 Å². The van der Waals surface area contributed by atoms with Crippen LogP contribution in [0.25, 0.3) is 0 Å². The Morgan fingerprint density at radius 3 is 2.55 bits per heavy atom. The monoisotopic (exact) mass is 331 g/mol. The molecule has 1 aliphatic heterocycles. The maximum absolute atomic E-state index is 12.0. The van der Waals surface area contributed by atoms with Crippen LogP contribution in [0.3, 0.4) is 0 Å². The third kappa shape index (κ3) is 4.75. The quantitative estimate of drug-likeness (QED) is 0.709. The normalized spacial score (nSPS) is 16.9. The molecular weight excluding hydrogens is 310 g/mol. The molecule has 1 aliphatic rings.